The minimum atomic E-state index is -0.653. The summed E-state index contributed by atoms with van der Waals surface area (Å²) in [5, 5.41) is 10.5. The molecule has 2 aromatic carbocycles. The van der Waals surface area contributed by atoms with Crippen LogP contribution in [-0.2, 0) is 13.1 Å². The summed E-state index contributed by atoms with van der Waals surface area (Å²) in [5.41, 5.74) is 8.64. The van der Waals surface area contributed by atoms with Crippen molar-refractivity contribution in [3.05, 3.63) is 54.6 Å². The summed E-state index contributed by atoms with van der Waals surface area (Å²) < 4.78 is 9.84. The van der Waals surface area contributed by atoms with Gasteiger partial charge in [0.25, 0.3) is 0 Å². The van der Waals surface area contributed by atoms with Crippen molar-refractivity contribution >= 4 is 17.0 Å². The van der Waals surface area contributed by atoms with Crippen LogP contribution in [0.4, 0.5) is 5.95 Å². The number of para-hydroxylation sites is 3. The number of hydrogen-bond acceptors (Lipinski definition) is 3. The third-order valence-electron chi connectivity index (χ3n) is 5.28. The summed E-state index contributed by atoms with van der Waals surface area (Å²) in [5.74, 6) is 1.43. The molecular formula is C22H32N4O2+2. The average molecular weight is 385 g/mol. The monoisotopic (exact) mass is 384 g/mol. The Morgan fingerprint density at radius 2 is 1.75 bits per heavy atom. The predicted molar refractivity (Wildman–Crippen MR) is 111 cm³/mol. The van der Waals surface area contributed by atoms with E-state index in [0.29, 0.717) is 12.5 Å². The number of fused-ring (bicyclic) bond motifs is 1. The Hall–Kier alpha value is -2.57. The first-order valence-corrected chi connectivity index (χ1v) is 10.1. The van der Waals surface area contributed by atoms with Crippen LogP contribution in [0.25, 0.3) is 11.0 Å². The van der Waals surface area contributed by atoms with Gasteiger partial charge >= 0.3 is 5.95 Å². The van der Waals surface area contributed by atoms with Crippen molar-refractivity contribution < 1.29 is 19.3 Å². The summed E-state index contributed by atoms with van der Waals surface area (Å²) in [6, 6.07) is 17.7. The van der Waals surface area contributed by atoms with Crippen LogP contribution in [0, 0.1) is 0 Å². The first-order valence-electron chi connectivity index (χ1n) is 10.1. The van der Waals surface area contributed by atoms with E-state index in [9.17, 15) is 5.11 Å². The SMILES string of the molecule is CC[NH+](CC)CCn1c(N)[n+](C[C@@H](O)COc2ccccc2)c2ccccc21. The molecule has 6 nitrogen and oxygen atoms in total. The van der Waals surface area contributed by atoms with E-state index >= 15 is 0 Å². The molecule has 0 amide bonds. The number of nitrogens with zero attached hydrogens (tertiary/aromatic N) is 2. The minimum Gasteiger partial charge on any atom is -0.491 e. The molecule has 28 heavy (non-hydrogen) atoms. The number of nitrogens with two attached hydrogens (primary N) is 1. The van der Waals surface area contributed by atoms with E-state index in [0.717, 1.165) is 43.0 Å². The number of likely N-dealkylation sites (N-methyl/N-ethyl adjacent to an activating group) is 1. The lowest BCUT2D eigenvalue weighted by atomic mass is 10.3. The van der Waals surface area contributed by atoms with Crippen molar-refractivity contribution in [2.75, 3.05) is 32.0 Å². The first kappa shape index (κ1) is 20.2. The van der Waals surface area contributed by atoms with Crippen LogP contribution in [0.5, 0.6) is 5.75 Å². The fourth-order valence-corrected chi connectivity index (χ4v) is 3.59. The lowest BCUT2D eigenvalue weighted by Gasteiger charge is -2.14. The molecule has 1 atom stereocenters. The Labute approximate surface area is 166 Å². The molecule has 1 aromatic heterocycles. The van der Waals surface area contributed by atoms with Crippen LogP contribution in [0.2, 0.25) is 0 Å². The third kappa shape index (κ3) is 4.64. The van der Waals surface area contributed by atoms with E-state index < -0.39 is 6.10 Å². The summed E-state index contributed by atoms with van der Waals surface area (Å²) in [4.78, 5) is 1.54. The first-order chi connectivity index (χ1) is 13.6. The molecule has 0 unspecified atom stereocenters. The smallest absolute Gasteiger partial charge is 0.356 e. The number of rotatable bonds is 10. The van der Waals surface area contributed by atoms with Crippen LogP contribution in [0.3, 0.4) is 0 Å². The van der Waals surface area contributed by atoms with Gasteiger partial charge in [-0.15, -0.1) is 0 Å². The summed E-state index contributed by atoms with van der Waals surface area (Å²) in [6.45, 7) is 9.11. The Morgan fingerprint density at radius 3 is 2.46 bits per heavy atom. The van der Waals surface area contributed by atoms with Gasteiger partial charge in [0.2, 0.25) is 0 Å². The zero-order valence-corrected chi connectivity index (χ0v) is 16.8. The summed E-state index contributed by atoms with van der Waals surface area (Å²) in [7, 11) is 0. The number of anilines is 1. The Bertz CT molecular complexity index is 875. The number of nitrogen functional groups attached to an aromatic ring is 1. The topological polar surface area (TPSA) is 68.7 Å². The van der Waals surface area contributed by atoms with Crippen molar-refractivity contribution in [3.8, 4) is 5.75 Å². The highest BCUT2D eigenvalue weighted by molar-refractivity contribution is 5.73. The number of aromatic nitrogens is 2. The molecule has 0 aliphatic carbocycles. The van der Waals surface area contributed by atoms with Crippen LogP contribution in [0.1, 0.15) is 13.8 Å². The van der Waals surface area contributed by atoms with E-state index in [1.54, 1.807) is 4.90 Å². The lowest BCUT2D eigenvalue weighted by Crippen LogP contribution is -3.11. The van der Waals surface area contributed by atoms with Crippen molar-refractivity contribution in [1.82, 2.24) is 4.57 Å². The van der Waals surface area contributed by atoms with Gasteiger partial charge in [-0.3, -0.25) is 5.73 Å². The maximum atomic E-state index is 10.5. The molecule has 3 rings (SSSR count). The van der Waals surface area contributed by atoms with Gasteiger partial charge in [-0.1, -0.05) is 30.3 Å². The van der Waals surface area contributed by atoms with Gasteiger partial charge in [-0.05, 0) is 38.1 Å². The quantitative estimate of drug-likeness (QED) is 0.455. The second-order valence-electron chi connectivity index (χ2n) is 7.09. The molecule has 0 aliphatic heterocycles. The molecule has 1 heterocycles. The van der Waals surface area contributed by atoms with Gasteiger partial charge in [0.15, 0.2) is 0 Å². The van der Waals surface area contributed by atoms with Crippen LogP contribution >= 0.6 is 0 Å². The van der Waals surface area contributed by atoms with Gasteiger partial charge in [0.05, 0.1) is 13.1 Å². The minimum absolute atomic E-state index is 0.222. The van der Waals surface area contributed by atoms with Gasteiger partial charge in [-0.25, -0.2) is 9.13 Å². The fourth-order valence-electron chi connectivity index (χ4n) is 3.59. The standard InChI is InChI=1S/C22H30N4O2/c1-3-24(4-2)14-15-25-20-12-8-9-13-21(20)26(22(25)23)16-18(27)17-28-19-10-6-5-7-11-19/h5-13,18,23,27H,3-4,14-17H2,1-2H3/p+2/t18-/m1/s1. The highest BCUT2D eigenvalue weighted by Gasteiger charge is 2.23. The number of aliphatic hydroxyl groups excluding tert-OH is 1. The second kappa shape index (κ2) is 9.57. The molecule has 0 radical (unpaired) electrons. The fraction of sp³-hybridized carbons (Fsp3) is 0.409. The molecule has 0 fully saturated rings. The number of aliphatic hydroxyl groups is 1. The summed E-state index contributed by atoms with van der Waals surface area (Å²) >= 11 is 0. The number of quaternary nitrogens is 1. The molecule has 0 saturated carbocycles. The number of nitrogens with one attached hydrogen (secondary N) is 1. The molecule has 0 bridgehead atoms. The number of hydrogen-bond donors (Lipinski definition) is 3. The number of ether oxygens (including phenoxy) is 1. The van der Waals surface area contributed by atoms with Crippen molar-refractivity contribution in [2.24, 2.45) is 0 Å². The van der Waals surface area contributed by atoms with Crippen LogP contribution in [-0.4, -0.2) is 42.0 Å². The molecule has 6 heteroatoms. The Kier molecular flexibility index (Phi) is 6.90. The Balaban J connectivity index is 1.76. The van der Waals surface area contributed by atoms with Crippen LogP contribution < -0.4 is 19.9 Å². The normalized spacial score (nSPS) is 12.6. The Morgan fingerprint density at radius 1 is 1.07 bits per heavy atom. The molecule has 0 aliphatic rings. The van der Waals surface area contributed by atoms with Gasteiger partial charge < -0.3 is 14.7 Å². The van der Waals surface area contributed by atoms with Crippen molar-refractivity contribution in [3.63, 3.8) is 0 Å². The van der Waals surface area contributed by atoms with Gasteiger partial charge in [0, 0.05) is 0 Å². The van der Waals surface area contributed by atoms with Crippen molar-refractivity contribution in [2.45, 2.75) is 33.0 Å². The highest BCUT2D eigenvalue weighted by Crippen LogP contribution is 2.16. The van der Waals surface area contributed by atoms with Crippen molar-refractivity contribution in [1.29, 1.82) is 0 Å². The van der Waals surface area contributed by atoms with E-state index in [2.05, 4.69) is 30.5 Å². The zero-order valence-electron chi connectivity index (χ0n) is 16.8. The zero-order chi connectivity index (χ0) is 19.9. The molecular weight excluding hydrogens is 352 g/mol. The van der Waals surface area contributed by atoms with Gasteiger partial charge in [0.1, 0.15) is 49.1 Å². The molecule has 150 valence electrons. The maximum absolute atomic E-state index is 10.5. The largest absolute Gasteiger partial charge is 0.491 e. The number of imidazole rings is 1. The van der Waals surface area contributed by atoms with E-state index in [1.165, 1.54) is 0 Å². The van der Waals surface area contributed by atoms with E-state index in [-0.39, 0.29) is 6.61 Å². The summed E-state index contributed by atoms with van der Waals surface area (Å²) in [6.07, 6.45) is -0.653. The molecule has 0 saturated heterocycles. The predicted octanol–water partition coefficient (Wildman–Crippen LogP) is 0.876. The maximum Gasteiger partial charge on any atom is 0.356 e. The average Bonchev–Trinajstić information content (AvgIpc) is 2.99. The third-order valence-corrected chi connectivity index (χ3v) is 5.28. The van der Waals surface area contributed by atoms with Crippen LogP contribution in [0.15, 0.2) is 54.6 Å². The lowest BCUT2D eigenvalue weighted by molar-refractivity contribution is -0.897. The molecule has 3 aromatic rings. The molecule has 0 spiro atoms. The van der Waals surface area contributed by atoms with E-state index in [4.69, 9.17) is 10.5 Å². The van der Waals surface area contributed by atoms with Gasteiger partial charge in [-0.2, -0.15) is 0 Å². The molecule has 4 N–H and O–H groups in total. The van der Waals surface area contributed by atoms with E-state index in [1.807, 2.05) is 47.0 Å². The second-order valence-corrected chi connectivity index (χ2v) is 7.09. The highest BCUT2D eigenvalue weighted by atomic mass is 16.5. The number of benzene rings is 2.